The Morgan fingerprint density at radius 1 is 1.06 bits per heavy atom. The van der Waals surface area contributed by atoms with Crippen LogP contribution in [-0.4, -0.2) is 5.78 Å². The molecule has 0 aliphatic rings. The first-order valence-corrected chi connectivity index (χ1v) is 6.98. The van der Waals surface area contributed by atoms with Crippen molar-refractivity contribution in [1.29, 1.82) is 0 Å². The minimum Gasteiger partial charge on any atom is -0.288 e. The Balaban J connectivity index is 2.47. The fraction of sp³-hybridized carbons (Fsp3) is 0.214. The van der Waals surface area contributed by atoms with Crippen LogP contribution in [0.4, 0.5) is 0 Å². The monoisotopic (exact) mass is 308 g/mol. The number of benzene rings is 1. The summed E-state index contributed by atoms with van der Waals surface area (Å²) in [6.07, 6.45) is 0. The SMILES string of the molecule is Cc1cc(C)c(C(=O)c2ccc(Br)s2)cc1C. The van der Waals surface area contributed by atoms with Gasteiger partial charge >= 0.3 is 0 Å². The number of hydrogen-bond acceptors (Lipinski definition) is 2. The van der Waals surface area contributed by atoms with Gasteiger partial charge in [-0.05, 0) is 71.6 Å². The summed E-state index contributed by atoms with van der Waals surface area (Å²) < 4.78 is 0.988. The van der Waals surface area contributed by atoms with E-state index in [-0.39, 0.29) is 5.78 Å². The molecule has 1 aromatic carbocycles. The van der Waals surface area contributed by atoms with E-state index in [4.69, 9.17) is 0 Å². The van der Waals surface area contributed by atoms with Crippen LogP contribution in [-0.2, 0) is 0 Å². The summed E-state index contributed by atoms with van der Waals surface area (Å²) in [6, 6.07) is 7.84. The van der Waals surface area contributed by atoms with Crippen LogP contribution in [0.5, 0.6) is 0 Å². The molecule has 2 rings (SSSR count). The van der Waals surface area contributed by atoms with E-state index >= 15 is 0 Å². The van der Waals surface area contributed by atoms with Crippen molar-refractivity contribution in [2.45, 2.75) is 20.8 Å². The number of hydrogen-bond donors (Lipinski definition) is 0. The van der Waals surface area contributed by atoms with Crippen molar-refractivity contribution in [1.82, 2.24) is 0 Å². The van der Waals surface area contributed by atoms with Crippen LogP contribution in [0.25, 0.3) is 0 Å². The molecule has 3 heteroatoms. The number of rotatable bonds is 2. The number of carbonyl (C=O) groups is 1. The molecule has 0 bridgehead atoms. The molecule has 0 N–H and O–H groups in total. The third-order valence-corrected chi connectivity index (χ3v) is 4.50. The van der Waals surface area contributed by atoms with Gasteiger partial charge in [-0.1, -0.05) is 6.07 Å². The Kier molecular flexibility index (Phi) is 3.50. The first kappa shape index (κ1) is 12.5. The van der Waals surface area contributed by atoms with Crippen molar-refractivity contribution in [2.75, 3.05) is 0 Å². The maximum atomic E-state index is 12.3. The van der Waals surface area contributed by atoms with Crippen LogP contribution in [0.3, 0.4) is 0 Å². The number of ketones is 1. The Bertz CT molecular complexity index is 584. The third-order valence-electron chi connectivity index (χ3n) is 2.88. The molecule has 0 unspecified atom stereocenters. The highest BCUT2D eigenvalue weighted by atomic mass is 79.9. The number of aryl methyl sites for hydroxylation is 3. The van der Waals surface area contributed by atoms with Gasteiger partial charge in [-0.3, -0.25) is 4.79 Å². The van der Waals surface area contributed by atoms with Gasteiger partial charge in [0.1, 0.15) is 0 Å². The molecular weight excluding hydrogens is 296 g/mol. The van der Waals surface area contributed by atoms with E-state index in [0.29, 0.717) is 0 Å². The highest BCUT2D eigenvalue weighted by Crippen LogP contribution is 2.26. The molecule has 17 heavy (non-hydrogen) atoms. The van der Waals surface area contributed by atoms with Gasteiger partial charge in [0.05, 0.1) is 8.66 Å². The summed E-state index contributed by atoms with van der Waals surface area (Å²) in [6.45, 7) is 6.09. The average Bonchev–Trinajstić information content (AvgIpc) is 2.69. The van der Waals surface area contributed by atoms with E-state index < -0.39 is 0 Å². The molecule has 0 fully saturated rings. The molecule has 0 radical (unpaired) electrons. The zero-order valence-corrected chi connectivity index (χ0v) is 12.4. The zero-order valence-electron chi connectivity index (χ0n) is 10.0. The lowest BCUT2D eigenvalue weighted by atomic mass is 9.97. The standard InChI is InChI=1S/C14H13BrOS/c1-8-6-10(3)11(7-9(8)2)14(16)12-4-5-13(15)17-12/h4-7H,1-3H3. The summed E-state index contributed by atoms with van der Waals surface area (Å²) in [5, 5.41) is 0. The average molecular weight is 309 g/mol. The van der Waals surface area contributed by atoms with Crippen molar-refractivity contribution in [2.24, 2.45) is 0 Å². The van der Waals surface area contributed by atoms with Gasteiger partial charge in [-0.25, -0.2) is 0 Å². The smallest absolute Gasteiger partial charge is 0.203 e. The fourth-order valence-corrected chi connectivity index (χ4v) is 3.11. The summed E-state index contributed by atoms with van der Waals surface area (Å²) in [7, 11) is 0. The van der Waals surface area contributed by atoms with Crippen LogP contribution in [0.1, 0.15) is 31.9 Å². The summed E-state index contributed by atoms with van der Waals surface area (Å²) >= 11 is 4.86. The van der Waals surface area contributed by atoms with Gasteiger partial charge in [-0.2, -0.15) is 0 Å². The highest BCUT2D eigenvalue weighted by Gasteiger charge is 2.14. The van der Waals surface area contributed by atoms with Crippen LogP contribution in [0.15, 0.2) is 28.1 Å². The lowest BCUT2D eigenvalue weighted by Crippen LogP contribution is -2.03. The maximum absolute atomic E-state index is 12.3. The van der Waals surface area contributed by atoms with Crippen molar-refractivity contribution < 1.29 is 4.79 Å². The van der Waals surface area contributed by atoms with E-state index in [2.05, 4.69) is 28.9 Å². The minimum absolute atomic E-state index is 0.112. The predicted molar refractivity (Wildman–Crippen MR) is 76.1 cm³/mol. The fourth-order valence-electron chi connectivity index (χ4n) is 1.77. The lowest BCUT2D eigenvalue weighted by molar-refractivity contribution is 0.104. The van der Waals surface area contributed by atoms with Gasteiger partial charge in [0, 0.05) is 5.56 Å². The van der Waals surface area contributed by atoms with E-state index in [0.717, 1.165) is 25.4 Å². The zero-order chi connectivity index (χ0) is 12.6. The van der Waals surface area contributed by atoms with Gasteiger partial charge < -0.3 is 0 Å². The Morgan fingerprint density at radius 3 is 2.29 bits per heavy atom. The van der Waals surface area contributed by atoms with Crippen LogP contribution in [0.2, 0.25) is 0 Å². The van der Waals surface area contributed by atoms with Crippen LogP contribution < -0.4 is 0 Å². The third kappa shape index (κ3) is 2.50. The Hall–Kier alpha value is -0.930. The summed E-state index contributed by atoms with van der Waals surface area (Å²) in [5.41, 5.74) is 4.24. The highest BCUT2D eigenvalue weighted by molar-refractivity contribution is 9.11. The lowest BCUT2D eigenvalue weighted by Gasteiger charge is -2.07. The quantitative estimate of drug-likeness (QED) is 0.737. The van der Waals surface area contributed by atoms with Gasteiger partial charge in [0.25, 0.3) is 0 Å². The molecule has 0 aliphatic heterocycles. The molecule has 0 saturated heterocycles. The van der Waals surface area contributed by atoms with Crippen LogP contribution >= 0.6 is 27.3 Å². The van der Waals surface area contributed by atoms with Crippen molar-refractivity contribution in [3.63, 3.8) is 0 Å². The molecule has 1 nitrogen and oxygen atoms in total. The molecule has 1 heterocycles. The van der Waals surface area contributed by atoms with E-state index in [9.17, 15) is 4.79 Å². The predicted octanol–water partition coefficient (Wildman–Crippen LogP) is 4.67. The number of thiophene rings is 1. The largest absolute Gasteiger partial charge is 0.288 e. The van der Waals surface area contributed by atoms with Crippen LogP contribution in [0, 0.1) is 20.8 Å². The van der Waals surface area contributed by atoms with E-state index in [1.165, 1.54) is 16.9 Å². The second kappa shape index (κ2) is 4.75. The van der Waals surface area contributed by atoms with E-state index in [1.807, 2.05) is 32.0 Å². The van der Waals surface area contributed by atoms with E-state index in [1.54, 1.807) is 0 Å². The van der Waals surface area contributed by atoms with Crippen molar-refractivity contribution >= 4 is 33.0 Å². The summed E-state index contributed by atoms with van der Waals surface area (Å²) in [4.78, 5) is 13.1. The molecular formula is C14H13BrOS. The summed E-state index contributed by atoms with van der Waals surface area (Å²) in [5.74, 6) is 0.112. The first-order chi connectivity index (χ1) is 7.99. The van der Waals surface area contributed by atoms with Gasteiger partial charge in [-0.15, -0.1) is 11.3 Å². The van der Waals surface area contributed by atoms with Gasteiger partial charge in [0.2, 0.25) is 5.78 Å². The molecule has 0 saturated carbocycles. The molecule has 0 aliphatic carbocycles. The maximum Gasteiger partial charge on any atom is 0.203 e. The molecule has 0 amide bonds. The molecule has 0 atom stereocenters. The van der Waals surface area contributed by atoms with Crippen molar-refractivity contribution in [3.8, 4) is 0 Å². The normalized spacial score (nSPS) is 10.6. The Labute approximate surface area is 114 Å². The Morgan fingerprint density at radius 2 is 1.71 bits per heavy atom. The van der Waals surface area contributed by atoms with Crippen molar-refractivity contribution in [3.05, 3.63) is 55.2 Å². The molecule has 1 aromatic heterocycles. The minimum atomic E-state index is 0.112. The first-order valence-electron chi connectivity index (χ1n) is 5.37. The molecule has 88 valence electrons. The second-order valence-electron chi connectivity index (χ2n) is 4.18. The van der Waals surface area contributed by atoms with Gasteiger partial charge in [0.15, 0.2) is 0 Å². The second-order valence-corrected chi connectivity index (χ2v) is 6.65. The number of halogens is 1. The topological polar surface area (TPSA) is 17.1 Å². The molecule has 2 aromatic rings. The number of carbonyl (C=O) groups excluding carboxylic acids is 1. The molecule has 0 spiro atoms.